The molecule has 0 radical (unpaired) electrons. The Morgan fingerprint density at radius 1 is 1.00 bits per heavy atom. The van der Waals surface area contributed by atoms with Gasteiger partial charge >= 0.3 is 0 Å². The van der Waals surface area contributed by atoms with E-state index in [2.05, 4.69) is 46.6 Å². The van der Waals surface area contributed by atoms with Crippen molar-refractivity contribution in [3.8, 4) is 0 Å². The number of carbonyl (C=O) groups excluding carboxylic acids is 1. The van der Waals surface area contributed by atoms with Crippen molar-refractivity contribution in [2.24, 2.45) is 0 Å². The number of ether oxygens (including phenoxy) is 1. The highest BCUT2D eigenvalue weighted by atomic mass is 32.2. The van der Waals surface area contributed by atoms with Crippen molar-refractivity contribution in [3.05, 3.63) is 65.7 Å². The molecule has 3 rings (SSSR count). The van der Waals surface area contributed by atoms with Gasteiger partial charge < -0.3 is 15.0 Å². The van der Waals surface area contributed by atoms with Gasteiger partial charge in [0.25, 0.3) is 0 Å². The van der Waals surface area contributed by atoms with Crippen LogP contribution in [0.3, 0.4) is 0 Å². The second-order valence-corrected chi connectivity index (χ2v) is 7.01. The maximum Gasteiger partial charge on any atom is 0.230 e. The van der Waals surface area contributed by atoms with E-state index < -0.39 is 0 Å². The van der Waals surface area contributed by atoms with Crippen molar-refractivity contribution in [2.75, 3.05) is 37.0 Å². The summed E-state index contributed by atoms with van der Waals surface area (Å²) < 4.78 is 5.38. The molecule has 0 unspecified atom stereocenters. The molecule has 5 heteroatoms. The van der Waals surface area contributed by atoms with Crippen LogP contribution in [0.1, 0.15) is 11.1 Å². The highest BCUT2D eigenvalue weighted by molar-refractivity contribution is 7.99. The third-order valence-corrected chi connectivity index (χ3v) is 5.15. The van der Waals surface area contributed by atoms with Crippen LogP contribution in [0.2, 0.25) is 0 Å². The average Bonchev–Trinajstić information content (AvgIpc) is 2.68. The number of amides is 1. The molecule has 0 spiro atoms. The van der Waals surface area contributed by atoms with E-state index in [0.717, 1.165) is 37.6 Å². The van der Waals surface area contributed by atoms with Crippen LogP contribution in [0.25, 0.3) is 0 Å². The maximum absolute atomic E-state index is 12.0. The summed E-state index contributed by atoms with van der Waals surface area (Å²) in [5.74, 6) is 1.43. The third-order valence-electron chi connectivity index (χ3n) is 4.15. The maximum atomic E-state index is 12.0. The summed E-state index contributed by atoms with van der Waals surface area (Å²) in [4.78, 5) is 14.3. The van der Waals surface area contributed by atoms with Crippen molar-refractivity contribution in [2.45, 2.75) is 12.3 Å². The largest absolute Gasteiger partial charge is 0.378 e. The van der Waals surface area contributed by atoms with E-state index in [9.17, 15) is 4.79 Å². The standard InChI is InChI=1S/C20H24N2O2S/c23-20(16-25-15-18-4-2-1-3-5-18)21-14-17-6-8-19(9-7-17)22-10-12-24-13-11-22/h1-9H,10-16H2,(H,21,23). The molecule has 0 aromatic heterocycles. The minimum atomic E-state index is 0.0817. The molecule has 1 aliphatic rings. The second-order valence-electron chi connectivity index (χ2n) is 6.02. The first-order valence-corrected chi connectivity index (χ1v) is 9.77. The number of thioether (sulfide) groups is 1. The van der Waals surface area contributed by atoms with Crippen molar-refractivity contribution in [3.63, 3.8) is 0 Å². The first-order valence-electron chi connectivity index (χ1n) is 8.61. The Morgan fingerprint density at radius 2 is 1.72 bits per heavy atom. The van der Waals surface area contributed by atoms with E-state index in [-0.39, 0.29) is 5.91 Å². The predicted octanol–water partition coefficient (Wildman–Crippen LogP) is 3.07. The second kappa shape index (κ2) is 9.49. The molecule has 1 N–H and O–H groups in total. The molecule has 2 aromatic rings. The molecule has 0 aliphatic carbocycles. The van der Waals surface area contributed by atoms with Crippen LogP contribution < -0.4 is 10.2 Å². The molecule has 4 nitrogen and oxygen atoms in total. The van der Waals surface area contributed by atoms with E-state index >= 15 is 0 Å². The zero-order chi connectivity index (χ0) is 17.3. The average molecular weight is 356 g/mol. The smallest absolute Gasteiger partial charge is 0.230 e. The highest BCUT2D eigenvalue weighted by Crippen LogP contribution is 2.16. The van der Waals surface area contributed by atoms with Crippen LogP contribution >= 0.6 is 11.8 Å². The molecule has 1 amide bonds. The lowest BCUT2D eigenvalue weighted by molar-refractivity contribution is -0.118. The zero-order valence-corrected chi connectivity index (χ0v) is 15.1. The molecule has 0 bridgehead atoms. The van der Waals surface area contributed by atoms with Gasteiger partial charge in [-0.1, -0.05) is 42.5 Å². The summed E-state index contributed by atoms with van der Waals surface area (Å²) in [7, 11) is 0. The zero-order valence-electron chi connectivity index (χ0n) is 14.3. The molecule has 1 heterocycles. The number of nitrogens with zero attached hydrogens (tertiary/aromatic N) is 1. The van der Waals surface area contributed by atoms with Crippen molar-refractivity contribution in [1.29, 1.82) is 0 Å². The summed E-state index contributed by atoms with van der Waals surface area (Å²) in [6, 6.07) is 18.6. The summed E-state index contributed by atoms with van der Waals surface area (Å²) >= 11 is 1.64. The molecular weight excluding hydrogens is 332 g/mol. The van der Waals surface area contributed by atoms with Crippen molar-refractivity contribution < 1.29 is 9.53 Å². The number of benzene rings is 2. The van der Waals surface area contributed by atoms with Gasteiger partial charge in [0.2, 0.25) is 5.91 Å². The van der Waals surface area contributed by atoms with Gasteiger partial charge in [0.05, 0.1) is 19.0 Å². The van der Waals surface area contributed by atoms with Gasteiger partial charge in [-0.05, 0) is 23.3 Å². The van der Waals surface area contributed by atoms with Gasteiger partial charge in [0, 0.05) is 31.1 Å². The molecule has 1 fully saturated rings. The van der Waals surface area contributed by atoms with Gasteiger partial charge in [-0.3, -0.25) is 4.79 Å². The molecule has 1 aliphatic heterocycles. The minimum absolute atomic E-state index is 0.0817. The van der Waals surface area contributed by atoms with E-state index in [1.54, 1.807) is 11.8 Å². The van der Waals surface area contributed by atoms with Crippen LogP contribution in [0.5, 0.6) is 0 Å². The molecule has 0 saturated carbocycles. The number of nitrogens with one attached hydrogen (secondary N) is 1. The molecule has 132 valence electrons. The number of hydrogen-bond donors (Lipinski definition) is 1. The fraction of sp³-hybridized carbons (Fsp3) is 0.350. The first-order chi connectivity index (χ1) is 12.3. The lowest BCUT2D eigenvalue weighted by Crippen LogP contribution is -2.36. The minimum Gasteiger partial charge on any atom is -0.378 e. The van der Waals surface area contributed by atoms with Gasteiger partial charge in [-0.25, -0.2) is 0 Å². The Kier molecular flexibility index (Phi) is 6.77. The van der Waals surface area contributed by atoms with Gasteiger partial charge in [0.1, 0.15) is 0 Å². The lowest BCUT2D eigenvalue weighted by Gasteiger charge is -2.28. The molecule has 0 atom stereocenters. The van der Waals surface area contributed by atoms with E-state index in [1.165, 1.54) is 11.3 Å². The monoisotopic (exact) mass is 356 g/mol. The Labute approximate surface area is 153 Å². The Morgan fingerprint density at radius 3 is 2.44 bits per heavy atom. The van der Waals surface area contributed by atoms with Crippen LogP contribution in [-0.4, -0.2) is 38.0 Å². The van der Waals surface area contributed by atoms with Gasteiger partial charge in [-0.15, -0.1) is 11.8 Å². The van der Waals surface area contributed by atoms with Crippen LogP contribution in [-0.2, 0) is 21.8 Å². The molecule has 25 heavy (non-hydrogen) atoms. The SMILES string of the molecule is O=C(CSCc1ccccc1)NCc1ccc(N2CCOCC2)cc1. The topological polar surface area (TPSA) is 41.6 Å². The summed E-state index contributed by atoms with van der Waals surface area (Å²) in [6.45, 7) is 4.04. The predicted molar refractivity (Wildman–Crippen MR) is 104 cm³/mol. The van der Waals surface area contributed by atoms with E-state index in [0.29, 0.717) is 12.3 Å². The number of anilines is 1. The Balaban J connectivity index is 1.38. The molecule has 1 saturated heterocycles. The van der Waals surface area contributed by atoms with Crippen LogP contribution in [0.4, 0.5) is 5.69 Å². The quantitative estimate of drug-likeness (QED) is 0.828. The molecule has 2 aromatic carbocycles. The van der Waals surface area contributed by atoms with Crippen molar-refractivity contribution >= 4 is 23.4 Å². The van der Waals surface area contributed by atoms with Gasteiger partial charge in [-0.2, -0.15) is 0 Å². The fourth-order valence-electron chi connectivity index (χ4n) is 2.73. The normalized spacial score (nSPS) is 14.3. The summed E-state index contributed by atoms with van der Waals surface area (Å²) in [5, 5.41) is 2.99. The summed E-state index contributed by atoms with van der Waals surface area (Å²) in [6.07, 6.45) is 0. The lowest BCUT2D eigenvalue weighted by atomic mass is 10.2. The Hall–Kier alpha value is -1.98. The molecular formula is C20H24N2O2S. The van der Waals surface area contributed by atoms with Crippen LogP contribution in [0, 0.1) is 0 Å². The van der Waals surface area contributed by atoms with Crippen molar-refractivity contribution in [1.82, 2.24) is 5.32 Å². The van der Waals surface area contributed by atoms with Crippen LogP contribution in [0.15, 0.2) is 54.6 Å². The number of hydrogen-bond acceptors (Lipinski definition) is 4. The fourth-order valence-corrected chi connectivity index (χ4v) is 3.55. The number of rotatable bonds is 7. The third kappa shape index (κ3) is 5.80. The van der Waals surface area contributed by atoms with E-state index in [1.807, 2.05) is 18.2 Å². The van der Waals surface area contributed by atoms with Gasteiger partial charge in [0.15, 0.2) is 0 Å². The number of morpholine rings is 1. The highest BCUT2D eigenvalue weighted by Gasteiger charge is 2.10. The Bertz CT molecular complexity index is 655. The summed E-state index contributed by atoms with van der Waals surface area (Å²) in [5.41, 5.74) is 3.59. The first kappa shape index (κ1) is 17.8. The number of carbonyl (C=O) groups is 1. The van der Waals surface area contributed by atoms with E-state index in [4.69, 9.17) is 4.74 Å².